The predicted molar refractivity (Wildman–Crippen MR) is 56.5 cm³/mol. The van der Waals surface area contributed by atoms with Crippen molar-refractivity contribution in [3.05, 3.63) is 36.1 Å². The van der Waals surface area contributed by atoms with E-state index in [-0.39, 0.29) is 0 Å². The van der Waals surface area contributed by atoms with Crippen molar-refractivity contribution in [2.75, 3.05) is 0 Å². The van der Waals surface area contributed by atoms with Crippen LogP contribution in [0.2, 0.25) is 0 Å². The molecule has 0 spiro atoms. The van der Waals surface area contributed by atoms with Crippen LogP contribution in [0.15, 0.2) is 41.1 Å². The van der Waals surface area contributed by atoms with Gasteiger partial charge in [-0.1, -0.05) is 32.1 Å². The molecule has 0 radical (unpaired) electrons. The Balaban J connectivity index is 4.33. The highest BCUT2D eigenvalue weighted by Crippen LogP contribution is 2.14. The molecule has 0 atom stereocenters. The Kier molecular flexibility index (Phi) is 5.98. The lowest BCUT2D eigenvalue weighted by atomic mass is 10.1. The van der Waals surface area contributed by atoms with Crippen LogP contribution < -0.4 is 0 Å². The molecule has 0 aliphatic rings. The third-order valence-corrected chi connectivity index (χ3v) is 1.53. The lowest BCUT2D eigenvalue weighted by Crippen LogP contribution is -1.83. The minimum Gasteiger partial charge on any atom is -0.264 e. The molecule has 0 amide bonds. The van der Waals surface area contributed by atoms with E-state index in [0.29, 0.717) is 0 Å². The quantitative estimate of drug-likeness (QED) is 0.434. The number of rotatable bonds is 5. The summed E-state index contributed by atoms with van der Waals surface area (Å²) in [7, 11) is 0. The van der Waals surface area contributed by atoms with Crippen molar-refractivity contribution in [3.8, 4) is 0 Å². The second kappa shape index (κ2) is 6.59. The lowest BCUT2D eigenvalue weighted by molar-refractivity contribution is 0.912. The zero-order chi connectivity index (χ0) is 9.40. The molecule has 0 aromatic carbocycles. The first-order valence-corrected chi connectivity index (χ1v) is 4.24. The van der Waals surface area contributed by atoms with Crippen LogP contribution in [0.1, 0.15) is 26.7 Å². The van der Waals surface area contributed by atoms with E-state index in [1.54, 1.807) is 0 Å². The van der Waals surface area contributed by atoms with Crippen molar-refractivity contribution in [2.24, 2.45) is 4.99 Å². The summed E-state index contributed by atoms with van der Waals surface area (Å²) in [6.07, 6.45) is 7.93. The minimum absolute atomic E-state index is 0.898. The van der Waals surface area contributed by atoms with Crippen molar-refractivity contribution >= 4 is 6.72 Å². The van der Waals surface area contributed by atoms with Gasteiger partial charge in [0, 0.05) is 0 Å². The second-order valence-electron chi connectivity index (χ2n) is 2.59. The van der Waals surface area contributed by atoms with Crippen LogP contribution in [0.3, 0.4) is 0 Å². The molecule has 0 saturated carbocycles. The van der Waals surface area contributed by atoms with Gasteiger partial charge in [-0.2, -0.15) is 0 Å². The standard InChI is InChI=1S/C11H17N/c1-5-7-9-11(12-4)10(3)8-6-2/h5,7,9H,3-4,6,8H2,1-2H3/b7-5-,11-9+. The molecule has 0 saturated heterocycles. The molecule has 0 fully saturated rings. The van der Waals surface area contributed by atoms with E-state index < -0.39 is 0 Å². The molecule has 0 bridgehead atoms. The van der Waals surface area contributed by atoms with Gasteiger partial charge in [0.2, 0.25) is 0 Å². The number of hydrogen-bond donors (Lipinski definition) is 0. The SMILES string of the molecule is C=N/C(=C/C=C\C)C(=C)CCC. The molecule has 66 valence electrons. The molecule has 0 aliphatic carbocycles. The fraction of sp³-hybridized carbons (Fsp3) is 0.364. The summed E-state index contributed by atoms with van der Waals surface area (Å²) < 4.78 is 0. The smallest absolute Gasteiger partial charge is 0.0648 e. The molecule has 0 rings (SSSR count). The molecule has 0 aromatic heterocycles. The first-order chi connectivity index (χ1) is 5.76. The Labute approximate surface area is 75.2 Å². The van der Waals surface area contributed by atoms with E-state index >= 15 is 0 Å². The Morgan fingerprint density at radius 2 is 2.17 bits per heavy atom. The molecule has 0 N–H and O–H groups in total. The average molecular weight is 163 g/mol. The summed E-state index contributed by atoms with van der Waals surface area (Å²) in [6, 6.07) is 0. The van der Waals surface area contributed by atoms with E-state index in [4.69, 9.17) is 0 Å². The first-order valence-electron chi connectivity index (χ1n) is 4.24. The van der Waals surface area contributed by atoms with Gasteiger partial charge in [0.1, 0.15) is 0 Å². The first kappa shape index (κ1) is 10.9. The van der Waals surface area contributed by atoms with E-state index in [1.807, 2.05) is 25.2 Å². The van der Waals surface area contributed by atoms with Gasteiger partial charge < -0.3 is 0 Å². The summed E-state index contributed by atoms with van der Waals surface area (Å²) in [5.41, 5.74) is 1.96. The number of aliphatic imine (C=N–C) groups is 1. The Bertz CT molecular complexity index is 209. The van der Waals surface area contributed by atoms with Crippen LogP contribution in [-0.4, -0.2) is 6.72 Å². The van der Waals surface area contributed by atoms with Gasteiger partial charge >= 0.3 is 0 Å². The zero-order valence-electron chi connectivity index (χ0n) is 8.01. The van der Waals surface area contributed by atoms with Crippen molar-refractivity contribution in [3.63, 3.8) is 0 Å². The van der Waals surface area contributed by atoms with Crippen molar-refractivity contribution in [1.29, 1.82) is 0 Å². The highest BCUT2D eigenvalue weighted by Gasteiger charge is 1.96. The monoisotopic (exact) mass is 163 g/mol. The third kappa shape index (κ3) is 3.91. The molecule has 0 heterocycles. The Morgan fingerprint density at radius 3 is 2.58 bits per heavy atom. The van der Waals surface area contributed by atoms with E-state index in [2.05, 4.69) is 25.2 Å². The topological polar surface area (TPSA) is 12.4 Å². The summed E-state index contributed by atoms with van der Waals surface area (Å²) in [5.74, 6) is 0. The average Bonchev–Trinajstić information content (AvgIpc) is 2.06. The molecule has 0 unspecified atom stereocenters. The van der Waals surface area contributed by atoms with Crippen molar-refractivity contribution < 1.29 is 0 Å². The van der Waals surface area contributed by atoms with Crippen LogP contribution in [0.25, 0.3) is 0 Å². The van der Waals surface area contributed by atoms with Gasteiger partial charge in [-0.05, 0) is 31.7 Å². The van der Waals surface area contributed by atoms with Gasteiger partial charge in [-0.25, -0.2) is 0 Å². The predicted octanol–water partition coefficient (Wildman–Crippen LogP) is 3.50. The van der Waals surface area contributed by atoms with Crippen LogP contribution >= 0.6 is 0 Å². The zero-order valence-corrected chi connectivity index (χ0v) is 8.01. The Morgan fingerprint density at radius 1 is 1.50 bits per heavy atom. The van der Waals surface area contributed by atoms with Gasteiger partial charge in [-0.15, -0.1) is 0 Å². The van der Waals surface area contributed by atoms with Crippen LogP contribution in [0.5, 0.6) is 0 Å². The fourth-order valence-corrected chi connectivity index (χ4v) is 0.900. The summed E-state index contributed by atoms with van der Waals surface area (Å²) in [5, 5.41) is 0. The highest BCUT2D eigenvalue weighted by atomic mass is 14.7. The van der Waals surface area contributed by atoms with Crippen LogP contribution in [0, 0.1) is 0 Å². The van der Waals surface area contributed by atoms with Gasteiger partial charge in [-0.3, -0.25) is 4.99 Å². The molecule has 0 aliphatic heterocycles. The van der Waals surface area contributed by atoms with E-state index in [1.165, 1.54) is 0 Å². The molecular weight excluding hydrogens is 146 g/mol. The van der Waals surface area contributed by atoms with E-state index in [9.17, 15) is 0 Å². The van der Waals surface area contributed by atoms with E-state index in [0.717, 1.165) is 24.1 Å². The normalized spacial score (nSPS) is 12.0. The summed E-state index contributed by atoms with van der Waals surface area (Å²) in [6.45, 7) is 11.5. The van der Waals surface area contributed by atoms with Gasteiger partial charge in [0.05, 0.1) is 5.70 Å². The second-order valence-corrected chi connectivity index (χ2v) is 2.59. The number of nitrogens with zero attached hydrogens (tertiary/aromatic N) is 1. The maximum Gasteiger partial charge on any atom is 0.0648 e. The molecule has 0 aromatic rings. The van der Waals surface area contributed by atoms with Gasteiger partial charge in [0.25, 0.3) is 0 Å². The number of hydrogen-bond acceptors (Lipinski definition) is 1. The molecule has 12 heavy (non-hydrogen) atoms. The number of allylic oxidation sites excluding steroid dienone is 4. The maximum atomic E-state index is 3.93. The summed E-state index contributed by atoms with van der Waals surface area (Å²) >= 11 is 0. The van der Waals surface area contributed by atoms with Crippen LogP contribution in [-0.2, 0) is 0 Å². The largest absolute Gasteiger partial charge is 0.264 e. The lowest BCUT2D eigenvalue weighted by Gasteiger charge is -2.01. The molecular formula is C11H17N. The van der Waals surface area contributed by atoms with Crippen molar-refractivity contribution in [1.82, 2.24) is 0 Å². The third-order valence-electron chi connectivity index (χ3n) is 1.53. The minimum atomic E-state index is 0.898. The maximum absolute atomic E-state index is 3.93. The summed E-state index contributed by atoms with van der Waals surface area (Å²) in [4.78, 5) is 3.90. The highest BCUT2D eigenvalue weighted by molar-refractivity contribution is 5.38. The molecule has 1 heteroatoms. The van der Waals surface area contributed by atoms with Crippen molar-refractivity contribution in [2.45, 2.75) is 26.7 Å². The Hall–Kier alpha value is -1.11. The molecule has 1 nitrogen and oxygen atoms in total. The fourth-order valence-electron chi connectivity index (χ4n) is 0.900. The van der Waals surface area contributed by atoms with Gasteiger partial charge in [0.15, 0.2) is 0 Å². The van der Waals surface area contributed by atoms with Crippen LogP contribution in [0.4, 0.5) is 0 Å².